The molecule has 92 valence electrons. The van der Waals surface area contributed by atoms with Crippen LogP contribution in [-0.4, -0.2) is 4.92 Å². The zero-order valence-corrected chi connectivity index (χ0v) is 11.2. The van der Waals surface area contributed by atoms with E-state index in [1.165, 1.54) is 12.1 Å². The SMILES string of the molecule is Cc1cc([N+](=O)[O-])ccc1Oc1cccc(Br)c1. The normalized spacial score (nSPS) is 10.1. The zero-order valence-electron chi connectivity index (χ0n) is 9.59. The van der Waals surface area contributed by atoms with Gasteiger partial charge in [-0.15, -0.1) is 0 Å². The van der Waals surface area contributed by atoms with E-state index in [1.54, 1.807) is 13.0 Å². The van der Waals surface area contributed by atoms with Crippen molar-refractivity contribution in [2.24, 2.45) is 0 Å². The van der Waals surface area contributed by atoms with Crippen LogP contribution in [0.25, 0.3) is 0 Å². The van der Waals surface area contributed by atoms with Crippen molar-refractivity contribution in [3.05, 3.63) is 62.6 Å². The third-order valence-electron chi connectivity index (χ3n) is 2.39. The fourth-order valence-corrected chi connectivity index (χ4v) is 1.90. The van der Waals surface area contributed by atoms with Crippen molar-refractivity contribution >= 4 is 21.6 Å². The highest BCUT2D eigenvalue weighted by Crippen LogP contribution is 2.29. The second-order valence-corrected chi connectivity index (χ2v) is 4.68. The lowest BCUT2D eigenvalue weighted by molar-refractivity contribution is -0.384. The number of halogens is 1. The maximum absolute atomic E-state index is 10.6. The Morgan fingerprint density at radius 3 is 2.61 bits per heavy atom. The van der Waals surface area contributed by atoms with Crippen LogP contribution in [0.15, 0.2) is 46.9 Å². The molecule has 0 aromatic heterocycles. The van der Waals surface area contributed by atoms with Gasteiger partial charge in [-0.25, -0.2) is 0 Å². The predicted octanol–water partition coefficient (Wildman–Crippen LogP) is 4.46. The van der Waals surface area contributed by atoms with Gasteiger partial charge in [0.15, 0.2) is 0 Å². The first-order valence-corrected chi connectivity index (χ1v) is 6.04. The summed E-state index contributed by atoms with van der Waals surface area (Å²) in [5.74, 6) is 1.29. The maximum Gasteiger partial charge on any atom is 0.269 e. The van der Waals surface area contributed by atoms with Gasteiger partial charge in [0, 0.05) is 16.6 Å². The van der Waals surface area contributed by atoms with Crippen molar-refractivity contribution in [3.8, 4) is 11.5 Å². The highest BCUT2D eigenvalue weighted by molar-refractivity contribution is 9.10. The molecule has 4 nitrogen and oxygen atoms in total. The van der Waals surface area contributed by atoms with E-state index in [9.17, 15) is 10.1 Å². The number of hydrogen-bond donors (Lipinski definition) is 0. The van der Waals surface area contributed by atoms with Gasteiger partial charge < -0.3 is 4.74 Å². The Bertz CT molecular complexity index is 599. The fourth-order valence-electron chi connectivity index (χ4n) is 1.52. The van der Waals surface area contributed by atoms with Crippen molar-refractivity contribution in [1.29, 1.82) is 0 Å². The molecule has 0 spiro atoms. The van der Waals surface area contributed by atoms with E-state index in [0.29, 0.717) is 11.5 Å². The van der Waals surface area contributed by atoms with Crippen LogP contribution in [0.4, 0.5) is 5.69 Å². The molecule has 0 aliphatic carbocycles. The maximum atomic E-state index is 10.6. The van der Waals surface area contributed by atoms with Crippen molar-refractivity contribution in [1.82, 2.24) is 0 Å². The monoisotopic (exact) mass is 307 g/mol. The summed E-state index contributed by atoms with van der Waals surface area (Å²) in [7, 11) is 0. The summed E-state index contributed by atoms with van der Waals surface area (Å²) in [6, 6.07) is 11.9. The van der Waals surface area contributed by atoms with Gasteiger partial charge in [-0.1, -0.05) is 22.0 Å². The van der Waals surface area contributed by atoms with E-state index in [4.69, 9.17) is 4.74 Å². The highest BCUT2D eigenvalue weighted by Gasteiger charge is 2.09. The van der Waals surface area contributed by atoms with E-state index in [0.717, 1.165) is 10.0 Å². The Labute approximate surface area is 112 Å². The molecule has 2 aromatic rings. The predicted molar refractivity (Wildman–Crippen MR) is 72.0 cm³/mol. The molecule has 0 aliphatic heterocycles. The molecule has 0 fully saturated rings. The Morgan fingerprint density at radius 2 is 2.00 bits per heavy atom. The minimum Gasteiger partial charge on any atom is -0.457 e. The zero-order chi connectivity index (χ0) is 13.1. The first-order valence-electron chi connectivity index (χ1n) is 5.25. The molecular weight excluding hydrogens is 298 g/mol. The average Bonchev–Trinajstić information content (AvgIpc) is 2.31. The van der Waals surface area contributed by atoms with Gasteiger partial charge in [-0.3, -0.25) is 10.1 Å². The summed E-state index contributed by atoms with van der Waals surface area (Å²) in [6.07, 6.45) is 0. The average molecular weight is 308 g/mol. The van der Waals surface area contributed by atoms with E-state index in [1.807, 2.05) is 24.3 Å². The minimum atomic E-state index is -0.421. The van der Waals surface area contributed by atoms with Gasteiger partial charge in [0.1, 0.15) is 11.5 Å². The Morgan fingerprint density at radius 1 is 1.22 bits per heavy atom. The van der Waals surface area contributed by atoms with Crippen molar-refractivity contribution in [2.45, 2.75) is 6.92 Å². The van der Waals surface area contributed by atoms with Crippen molar-refractivity contribution < 1.29 is 9.66 Å². The second kappa shape index (κ2) is 5.18. The van der Waals surface area contributed by atoms with Gasteiger partial charge in [-0.05, 0) is 36.8 Å². The Hall–Kier alpha value is -1.88. The Kier molecular flexibility index (Phi) is 3.62. The summed E-state index contributed by atoms with van der Waals surface area (Å²) in [5, 5.41) is 10.6. The van der Waals surface area contributed by atoms with Crippen LogP contribution < -0.4 is 4.74 Å². The number of nitro groups is 1. The van der Waals surface area contributed by atoms with Crippen LogP contribution in [0.2, 0.25) is 0 Å². The first-order chi connectivity index (χ1) is 8.56. The van der Waals surface area contributed by atoms with Gasteiger partial charge in [0.05, 0.1) is 4.92 Å². The number of nitrogens with zero attached hydrogens (tertiary/aromatic N) is 1. The molecule has 0 bridgehead atoms. The summed E-state index contributed by atoms with van der Waals surface area (Å²) in [5.41, 5.74) is 0.790. The molecule has 0 amide bonds. The minimum absolute atomic E-state index is 0.0640. The number of aryl methyl sites for hydroxylation is 1. The van der Waals surface area contributed by atoms with Crippen LogP contribution in [0.1, 0.15) is 5.56 Å². The molecule has 0 atom stereocenters. The van der Waals surface area contributed by atoms with E-state index >= 15 is 0 Å². The Balaban J connectivity index is 2.27. The number of hydrogen-bond acceptors (Lipinski definition) is 3. The molecule has 0 aliphatic rings. The molecule has 2 rings (SSSR count). The number of nitro benzene ring substituents is 1. The number of benzene rings is 2. The molecule has 0 heterocycles. The summed E-state index contributed by atoms with van der Waals surface area (Å²) < 4.78 is 6.59. The van der Waals surface area contributed by atoms with Crippen LogP contribution in [0.5, 0.6) is 11.5 Å². The quantitative estimate of drug-likeness (QED) is 0.621. The molecule has 18 heavy (non-hydrogen) atoms. The van der Waals surface area contributed by atoms with Gasteiger partial charge in [-0.2, -0.15) is 0 Å². The molecule has 0 N–H and O–H groups in total. The summed E-state index contributed by atoms with van der Waals surface area (Å²) in [6.45, 7) is 1.78. The fraction of sp³-hybridized carbons (Fsp3) is 0.0769. The number of ether oxygens (including phenoxy) is 1. The van der Waals surface area contributed by atoms with Gasteiger partial charge >= 0.3 is 0 Å². The van der Waals surface area contributed by atoms with Crippen LogP contribution in [0.3, 0.4) is 0 Å². The third-order valence-corrected chi connectivity index (χ3v) is 2.89. The van der Waals surface area contributed by atoms with Crippen LogP contribution in [-0.2, 0) is 0 Å². The molecule has 0 unspecified atom stereocenters. The highest BCUT2D eigenvalue weighted by atomic mass is 79.9. The topological polar surface area (TPSA) is 52.4 Å². The molecule has 2 aromatic carbocycles. The number of non-ortho nitro benzene ring substituents is 1. The summed E-state index contributed by atoms with van der Waals surface area (Å²) >= 11 is 3.36. The van der Waals surface area contributed by atoms with Crippen molar-refractivity contribution in [3.63, 3.8) is 0 Å². The largest absolute Gasteiger partial charge is 0.457 e. The van der Waals surface area contributed by atoms with Gasteiger partial charge in [0.25, 0.3) is 5.69 Å². The second-order valence-electron chi connectivity index (χ2n) is 3.77. The molecule has 0 saturated heterocycles. The molecular formula is C13H10BrNO3. The number of rotatable bonds is 3. The van der Waals surface area contributed by atoms with E-state index in [-0.39, 0.29) is 5.69 Å². The first kappa shape index (κ1) is 12.6. The third kappa shape index (κ3) is 2.87. The van der Waals surface area contributed by atoms with E-state index < -0.39 is 4.92 Å². The lowest BCUT2D eigenvalue weighted by Gasteiger charge is -2.08. The van der Waals surface area contributed by atoms with Crippen LogP contribution in [0, 0.1) is 17.0 Å². The van der Waals surface area contributed by atoms with Crippen LogP contribution >= 0.6 is 15.9 Å². The standard InChI is InChI=1S/C13H10BrNO3/c1-9-7-11(15(16)17)5-6-13(9)18-12-4-2-3-10(14)8-12/h2-8H,1H3. The van der Waals surface area contributed by atoms with Gasteiger partial charge in [0.2, 0.25) is 0 Å². The molecule has 5 heteroatoms. The molecule has 0 radical (unpaired) electrons. The molecule has 0 saturated carbocycles. The smallest absolute Gasteiger partial charge is 0.269 e. The summed E-state index contributed by atoms with van der Waals surface area (Å²) in [4.78, 5) is 10.2. The van der Waals surface area contributed by atoms with E-state index in [2.05, 4.69) is 15.9 Å². The van der Waals surface area contributed by atoms with Crippen molar-refractivity contribution in [2.75, 3.05) is 0 Å². The lowest BCUT2D eigenvalue weighted by Crippen LogP contribution is -1.91. The lowest BCUT2D eigenvalue weighted by atomic mass is 10.2.